The van der Waals surface area contributed by atoms with Crippen LogP contribution in [0.15, 0.2) is 30.3 Å². The monoisotopic (exact) mass is 234 g/mol. The van der Waals surface area contributed by atoms with E-state index >= 15 is 0 Å². The zero-order valence-electron chi connectivity index (χ0n) is 9.54. The Morgan fingerprint density at radius 2 is 1.82 bits per heavy atom. The lowest BCUT2D eigenvalue weighted by Crippen LogP contribution is -2.47. The highest BCUT2D eigenvalue weighted by atomic mass is 16.7. The zero-order valence-corrected chi connectivity index (χ0v) is 9.54. The lowest BCUT2D eigenvalue weighted by molar-refractivity contribution is -0.0164. The number of ether oxygens (including phenoxy) is 1. The molecule has 1 aromatic rings. The summed E-state index contributed by atoms with van der Waals surface area (Å²) in [6.45, 7) is 1.66. The highest BCUT2D eigenvalue weighted by Crippen LogP contribution is 2.38. The van der Waals surface area contributed by atoms with Crippen LogP contribution in [0.1, 0.15) is 12.0 Å². The summed E-state index contributed by atoms with van der Waals surface area (Å²) < 4.78 is 16.5. The van der Waals surface area contributed by atoms with Crippen molar-refractivity contribution in [2.24, 2.45) is 0 Å². The molecule has 0 bridgehead atoms. The summed E-state index contributed by atoms with van der Waals surface area (Å²) in [5, 5.41) is 10.8. The molecule has 2 aliphatic heterocycles. The van der Waals surface area contributed by atoms with Gasteiger partial charge >= 0.3 is 7.12 Å². The van der Waals surface area contributed by atoms with E-state index in [0.29, 0.717) is 26.2 Å². The van der Waals surface area contributed by atoms with Crippen molar-refractivity contribution in [3.63, 3.8) is 0 Å². The topological polar surface area (TPSA) is 47.9 Å². The summed E-state index contributed by atoms with van der Waals surface area (Å²) in [5.41, 5.74) is -0.141. The third-order valence-electron chi connectivity index (χ3n) is 3.42. The lowest BCUT2D eigenvalue weighted by Gasteiger charge is -2.29. The van der Waals surface area contributed by atoms with Crippen LogP contribution in [0, 0.1) is 0 Å². The minimum atomic E-state index is -1.00. The van der Waals surface area contributed by atoms with Gasteiger partial charge in [-0.1, -0.05) is 30.3 Å². The molecule has 0 spiro atoms. The van der Waals surface area contributed by atoms with E-state index in [2.05, 4.69) is 0 Å². The average Bonchev–Trinajstić information content (AvgIpc) is 2.99. The minimum Gasteiger partial charge on any atom is -0.407 e. The van der Waals surface area contributed by atoms with E-state index in [0.717, 1.165) is 5.56 Å². The molecule has 0 aliphatic carbocycles. The van der Waals surface area contributed by atoms with E-state index < -0.39 is 18.7 Å². The van der Waals surface area contributed by atoms with Crippen LogP contribution < -0.4 is 0 Å². The van der Waals surface area contributed by atoms with E-state index in [1.54, 1.807) is 0 Å². The predicted molar refractivity (Wildman–Crippen MR) is 62.4 cm³/mol. The van der Waals surface area contributed by atoms with Gasteiger partial charge in [0.15, 0.2) is 0 Å². The zero-order chi connectivity index (χ0) is 11.7. The molecule has 2 atom stereocenters. The summed E-state index contributed by atoms with van der Waals surface area (Å²) >= 11 is 0. The predicted octanol–water partition coefficient (Wildman–Crippen LogP) is 0.737. The van der Waals surface area contributed by atoms with Gasteiger partial charge in [0.2, 0.25) is 0 Å². The molecule has 1 aromatic carbocycles. The molecule has 3 rings (SSSR count). The average molecular weight is 234 g/mol. The van der Waals surface area contributed by atoms with Crippen molar-refractivity contribution in [3.05, 3.63) is 35.9 Å². The Balaban J connectivity index is 1.89. The molecule has 2 saturated heterocycles. The Morgan fingerprint density at radius 3 is 2.53 bits per heavy atom. The number of hydrogen-bond donors (Lipinski definition) is 1. The van der Waals surface area contributed by atoms with E-state index in [1.165, 1.54) is 0 Å². The molecule has 17 heavy (non-hydrogen) atoms. The van der Waals surface area contributed by atoms with Crippen molar-refractivity contribution in [3.8, 4) is 0 Å². The van der Waals surface area contributed by atoms with Crippen LogP contribution in [-0.2, 0) is 19.6 Å². The van der Waals surface area contributed by atoms with Gasteiger partial charge in [0.25, 0.3) is 0 Å². The number of hydrogen-bond acceptors (Lipinski definition) is 4. The van der Waals surface area contributed by atoms with E-state index in [1.807, 2.05) is 30.3 Å². The minimum absolute atomic E-state index is 0.438. The van der Waals surface area contributed by atoms with Crippen molar-refractivity contribution in [2.45, 2.75) is 18.0 Å². The van der Waals surface area contributed by atoms with Crippen LogP contribution in [0.2, 0.25) is 0 Å². The van der Waals surface area contributed by atoms with Crippen molar-refractivity contribution in [1.82, 2.24) is 0 Å². The SMILES string of the molecule is OC1(c2ccccc2)CCOC1B1OCCO1. The van der Waals surface area contributed by atoms with E-state index in [-0.39, 0.29) is 0 Å². The number of aliphatic hydroxyl groups is 1. The van der Waals surface area contributed by atoms with Crippen LogP contribution in [0.25, 0.3) is 0 Å². The van der Waals surface area contributed by atoms with Crippen LogP contribution in [0.5, 0.6) is 0 Å². The Hall–Kier alpha value is -0.875. The Labute approximate surface area is 101 Å². The molecular weight excluding hydrogens is 219 g/mol. The van der Waals surface area contributed by atoms with Gasteiger partial charge in [-0.3, -0.25) is 0 Å². The van der Waals surface area contributed by atoms with Gasteiger partial charge in [-0.2, -0.15) is 0 Å². The van der Waals surface area contributed by atoms with Crippen LogP contribution in [0.4, 0.5) is 0 Å². The first kappa shape index (κ1) is 11.2. The molecule has 2 heterocycles. The smallest absolute Gasteiger partial charge is 0.407 e. The maximum absolute atomic E-state index is 10.8. The van der Waals surface area contributed by atoms with E-state index in [9.17, 15) is 5.11 Å². The maximum Gasteiger partial charge on any atom is 0.491 e. The molecule has 0 amide bonds. The molecule has 0 saturated carbocycles. The fourth-order valence-corrected chi connectivity index (χ4v) is 2.51. The highest BCUT2D eigenvalue weighted by molar-refractivity contribution is 6.47. The summed E-state index contributed by atoms with van der Waals surface area (Å²) in [7, 11) is -0.456. The molecule has 0 aromatic heterocycles. The van der Waals surface area contributed by atoms with Gasteiger partial charge in [-0.05, 0) is 5.56 Å². The van der Waals surface area contributed by atoms with Crippen molar-refractivity contribution < 1.29 is 19.2 Å². The van der Waals surface area contributed by atoms with Gasteiger partial charge in [-0.25, -0.2) is 0 Å². The van der Waals surface area contributed by atoms with Gasteiger partial charge in [-0.15, -0.1) is 0 Å². The molecule has 2 unspecified atom stereocenters. The van der Waals surface area contributed by atoms with Gasteiger partial charge < -0.3 is 19.2 Å². The first-order valence-corrected chi connectivity index (χ1v) is 5.93. The Bertz CT molecular complexity index is 379. The molecule has 5 heteroatoms. The van der Waals surface area contributed by atoms with Crippen LogP contribution >= 0.6 is 0 Å². The standard InChI is InChI=1S/C12H15BO4/c14-12(10-4-2-1-3-5-10)6-7-15-11(12)13-16-8-9-17-13/h1-5,11,14H,6-9H2. The fourth-order valence-electron chi connectivity index (χ4n) is 2.51. The molecule has 90 valence electrons. The first-order valence-electron chi connectivity index (χ1n) is 5.93. The van der Waals surface area contributed by atoms with Gasteiger partial charge in [0.1, 0.15) is 11.6 Å². The molecule has 2 aliphatic rings. The third-order valence-corrected chi connectivity index (χ3v) is 3.42. The van der Waals surface area contributed by atoms with E-state index in [4.69, 9.17) is 14.0 Å². The van der Waals surface area contributed by atoms with Crippen LogP contribution in [0.3, 0.4) is 0 Å². The molecular formula is C12H15BO4. The molecule has 0 radical (unpaired) electrons. The number of benzene rings is 1. The maximum atomic E-state index is 10.8. The van der Waals surface area contributed by atoms with Crippen molar-refractivity contribution >= 4 is 7.12 Å². The van der Waals surface area contributed by atoms with Crippen molar-refractivity contribution in [2.75, 3.05) is 19.8 Å². The first-order chi connectivity index (χ1) is 8.31. The summed E-state index contributed by atoms with van der Waals surface area (Å²) in [6.07, 6.45) is 0.574. The van der Waals surface area contributed by atoms with Crippen LogP contribution in [-0.4, -0.2) is 38.0 Å². The summed E-state index contributed by atoms with van der Waals surface area (Å²) in [6, 6.07) is 9.15. The number of rotatable bonds is 2. The van der Waals surface area contributed by atoms with Gasteiger partial charge in [0, 0.05) is 13.0 Å². The summed E-state index contributed by atoms with van der Waals surface area (Å²) in [5.74, 6) is 0. The third kappa shape index (κ3) is 1.89. The van der Waals surface area contributed by atoms with Gasteiger partial charge in [0.05, 0.1) is 13.2 Å². The second-order valence-electron chi connectivity index (χ2n) is 4.44. The molecule has 1 N–H and O–H groups in total. The quantitative estimate of drug-likeness (QED) is 0.766. The normalized spacial score (nSPS) is 33.2. The largest absolute Gasteiger partial charge is 0.491 e. The Kier molecular flexibility index (Phi) is 2.92. The second kappa shape index (κ2) is 4.42. The summed E-state index contributed by atoms with van der Waals surface area (Å²) in [4.78, 5) is 0. The second-order valence-corrected chi connectivity index (χ2v) is 4.44. The Morgan fingerprint density at radius 1 is 1.12 bits per heavy atom. The van der Waals surface area contributed by atoms with Crippen molar-refractivity contribution in [1.29, 1.82) is 0 Å². The molecule has 2 fully saturated rings. The fraction of sp³-hybridized carbons (Fsp3) is 0.500. The molecule has 4 nitrogen and oxygen atoms in total. The highest BCUT2D eigenvalue weighted by Gasteiger charge is 2.53. The lowest BCUT2D eigenvalue weighted by atomic mass is 9.68.